The van der Waals surface area contributed by atoms with Crippen LogP contribution in [-0.2, 0) is 15.8 Å². The van der Waals surface area contributed by atoms with Crippen LogP contribution < -0.4 is 10.8 Å². The molecule has 2 aliphatic heterocycles. The Kier molecular flexibility index (Phi) is 7.26. The van der Waals surface area contributed by atoms with Crippen molar-refractivity contribution in [1.29, 1.82) is 0 Å². The SMILES string of the molecule is CN=C(NO[Si](C)(C)C(C)(C)C)[C@@H]1c2c(cnn2CCNC(=O)OC(C)(C)C)[C@@H]2CN1C(=O)N2O. The number of carbonyl (C=O) groups is 2. The average molecular weight is 510 g/mol. The van der Waals surface area contributed by atoms with Crippen molar-refractivity contribution in [3.8, 4) is 0 Å². The van der Waals surface area contributed by atoms with E-state index in [4.69, 9.17) is 9.26 Å². The number of ether oxygens (including phenoxy) is 1. The molecule has 1 aromatic rings. The van der Waals surface area contributed by atoms with E-state index < -0.39 is 38.1 Å². The fourth-order valence-corrected chi connectivity index (χ4v) is 4.42. The van der Waals surface area contributed by atoms with Gasteiger partial charge >= 0.3 is 12.1 Å². The van der Waals surface area contributed by atoms with Crippen molar-refractivity contribution in [3.05, 3.63) is 17.5 Å². The Labute approximate surface area is 207 Å². The van der Waals surface area contributed by atoms with Gasteiger partial charge in [0.15, 0.2) is 0 Å². The second-order valence-corrected chi connectivity index (χ2v) is 16.1. The largest absolute Gasteiger partial charge is 0.444 e. The van der Waals surface area contributed by atoms with Gasteiger partial charge in [0.1, 0.15) is 23.5 Å². The molecule has 35 heavy (non-hydrogen) atoms. The van der Waals surface area contributed by atoms with Crippen LogP contribution in [0.15, 0.2) is 11.2 Å². The number of nitrogens with zero attached hydrogens (tertiary/aromatic N) is 5. The molecule has 0 aromatic carbocycles. The summed E-state index contributed by atoms with van der Waals surface area (Å²) in [4.78, 5) is 30.9. The minimum atomic E-state index is -2.18. The highest BCUT2D eigenvalue weighted by molar-refractivity contribution is 6.74. The lowest BCUT2D eigenvalue weighted by Crippen LogP contribution is -2.50. The molecule has 196 valence electrons. The van der Waals surface area contributed by atoms with Gasteiger partial charge in [-0.2, -0.15) is 10.2 Å². The zero-order chi connectivity index (χ0) is 26.3. The van der Waals surface area contributed by atoms with E-state index in [-0.39, 0.29) is 11.6 Å². The van der Waals surface area contributed by atoms with Crippen molar-refractivity contribution < 1.29 is 24.1 Å². The predicted molar refractivity (Wildman–Crippen MR) is 132 cm³/mol. The van der Waals surface area contributed by atoms with Gasteiger partial charge in [-0.3, -0.25) is 20.4 Å². The van der Waals surface area contributed by atoms with Crippen LogP contribution in [0.5, 0.6) is 0 Å². The van der Waals surface area contributed by atoms with Crippen LogP contribution in [0.2, 0.25) is 18.1 Å². The highest BCUT2D eigenvalue weighted by Gasteiger charge is 2.51. The van der Waals surface area contributed by atoms with Crippen molar-refractivity contribution in [2.24, 2.45) is 4.99 Å². The molecule has 2 aliphatic rings. The number of fused-ring (bicyclic) bond motifs is 4. The van der Waals surface area contributed by atoms with E-state index in [0.717, 1.165) is 10.6 Å². The molecule has 13 heteroatoms. The maximum absolute atomic E-state index is 12.9. The molecule has 0 radical (unpaired) electrons. The van der Waals surface area contributed by atoms with Crippen LogP contribution in [-0.4, -0.2) is 77.0 Å². The summed E-state index contributed by atoms with van der Waals surface area (Å²) in [6.45, 7) is 16.9. The number of hydrogen-bond donors (Lipinski definition) is 3. The van der Waals surface area contributed by atoms with Gasteiger partial charge in [-0.25, -0.2) is 9.59 Å². The lowest BCUT2D eigenvalue weighted by Gasteiger charge is -2.38. The van der Waals surface area contributed by atoms with Crippen LogP contribution in [0.1, 0.15) is 64.9 Å². The number of aliphatic imine (C=N–C) groups is 1. The summed E-state index contributed by atoms with van der Waals surface area (Å²) in [7, 11) is -0.551. The van der Waals surface area contributed by atoms with E-state index in [0.29, 0.717) is 24.6 Å². The number of rotatable bonds is 6. The van der Waals surface area contributed by atoms with Crippen LogP contribution in [0.3, 0.4) is 0 Å². The molecular formula is C22H39N7O5Si. The number of hydrogen-bond acceptors (Lipinski definition) is 7. The van der Waals surface area contributed by atoms with Gasteiger partial charge in [-0.1, -0.05) is 20.8 Å². The Morgan fingerprint density at radius 1 is 1.29 bits per heavy atom. The number of nitrogens with one attached hydrogen (secondary N) is 2. The van der Waals surface area contributed by atoms with Crippen molar-refractivity contribution >= 4 is 26.3 Å². The van der Waals surface area contributed by atoms with E-state index in [1.807, 2.05) is 0 Å². The number of alkyl carbamates (subject to hydrolysis) is 1. The number of amides is 3. The molecule has 0 spiro atoms. The molecule has 0 unspecified atom stereocenters. The van der Waals surface area contributed by atoms with Crippen molar-refractivity contribution in [2.45, 2.75) is 83.9 Å². The molecular weight excluding hydrogens is 470 g/mol. The Morgan fingerprint density at radius 3 is 2.51 bits per heavy atom. The second-order valence-electron chi connectivity index (χ2n) is 11.4. The van der Waals surface area contributed by atoms with E-state index in [1.165, 1.54) is 0 Å². The molecule has 12 nitrogen and oxygen atoms in total. The summed E-state index contributed by atoms with van der Waals surface area (Å²) in [5.41, 5.74) is 3.89. The summed E-state index contributed by atoms with van der Waals surface area (Å²) in [6.07, 6.45) is 1.14. The van der Waals surface area contributed by atoms with Crippen LogP contribution >= 0.6 is 0 Å². The van der Waals surface area contributed by atoms with E-state index in [9.17, 15) is 14.8 Å². The minimum Gasteiger partial charge on any atom is -0.444 e. The van der Waals surface area contributed by atoms with Crippen molar-refractivity contribution in [3.63, 3.8) is 0 Å². The minimum absolute atomic E-state index is 0.0395. The number of urea groups is 1. The van der Waals surface area contributed by atoms with E-state index >= 15 is 0 Å². The van der Waals surface area contributed by atoms with Gasteiger partial charge in [0.05, 0.1) is 25.0 Å². The summed E-state index contributed by atoms with van der Waals surface area (Å²) < 4.78 is 13.2. The second kappa shape index (κ2) is 9.43. The smallest absolute Gasteiger partial charge is 0.407 e. The first-order valence-corrected chi connectivity index (χ1v) is 14.7. The molecule has 1 aromatic heterocycles. The average Bonchev–Trinajstić information content (AvgIpc) is 3.24. The van der Waals surface area contributed by atoms with Crippen LogP contribution in [0, 0.1) is 0 Å². The normalized spacial score (nSPS) is 20.7. The first-order chi connectivity index (χ1) is 16.1. The molecule has 1 fully saturated rings. The Morgan fingerprint density at radius 2 is 1.94 bits per heavy atom. The number of carbonyl (C=O) groups excluding carboxylic acids is 2. The predicted octanol–water partition coefficient (Wildman–Crippen LogP) is 3.19. The maximum Gasteiger partial charge on any atom is 0.407 e. The highest BCUT2D eigenvalue weighted by atomic mass is 28.4. The topological polar surface area (TPSA) is 134 Å². The van der Waals surface area contributed by atoms with Gasteiger partial charge in [0.25, 0.3) is 0 Å². The fraction of sp³-hybridized carbons (Fsp3) is 0.727. The quantitative estimate of drug-likeness (QED) is 0.176. The number of amidine groups is 1. The molecule has 2 bridgehead atoms. The monoisotopic (exact) mass is 509 g/mol. The Hall–Kier alpha value is -2.64. The van der Waals surface area contributed by atoms with E-state index in [2.05, 4.69) is 54.8 Å². The van der Waals surface area contributed by atoms with Gasteiger partial charge in [0, 0.05) is 19.2 Å². The summed E-state index contributed by atoms with van der Waals surface area (Å²) in [6, 6.07) is -1.67. The van der Waals surface area contributed by atoms with Crippen LogP contribution in [0.4, 0.5) is 9.59 Å². The molecule has 0 saturated carbocycles. The van der Waals surface area contributed by atoms with Crippen molar-refractivity contribution in [2.75, 3.05) is 20.1 Å². The summed E-state index contributed by atoms with van der Waals surface area (Å²) in [5.74, 6) is 0.444. The number of aromatic nitrogens is 2. The van der Waals surface area contributed by atoms with Gasteiger partial charge in [0.2, 0.25) is 8.32 Å². The summed E-state index contributed by atoms with van der Waals surface area (Å²) in [5, 5.41) is 18.4. The Balaban J connectivity index is 1.86. The molecule has 3 heterocycles. The fourth-order valence-electron chi connectivity index (χ4n) is 3.76. The zero-order valence-corrected chi connectivity index (χ0v) is 23.2. The molecule has 0 aliphatic carbocycles. The molecule has 3 N–H and O–H groups in total. The molecule has 1 saturated heterocycles. The van der Waals surface area contributed by atoms with Gasteiger partial charge in [-0.05, 0) is 38.9 Å². The summed E-state index contributed by atoms with van der Waals surface area (Å²) >= 11 is 0. The third-order valence-electron chi connectivity index (χ3n) is 6.65. The standard InChI is InChI=1S/C22H39N7O5Si/c1-21(2,3)33-19(30)24-10-11-28-16-14(12-25-28)15-13-27(20(31)29(15)32)17(16)18(23-7)26-34-35(8,9)22(4,5)6/h12,15,17,32H,10-11,13H2,1-9H3,(H,23,26)(H,24,30)/t15-,17-/m0/s1. The Bertz CT molecular complexity index is 995. The maximum atomic E-state index is 12.9. The highest BCUT2D eigenvalue weighted by Crippen LogP contribution is 2.43. The lowest BCUT2D eigenvalue weighted by atomic mass is 9.97. The molecule has 2 atom stereocenters. The third kappa shape index (κ3) is 5.46. The van der Waals surface area contributed by atoms with Gasteiger partial charge in [-0.15, -0.1) is 0 Å². The number of hydroxylamine groups is 3. The lowest BCUT2D eigenvalue weighted by molar-refractivity contribution is -0.0586. The first kappa shape index (κ1) is 27.0. The van der Waals surface area contributed by atoms with Gasteiger partial charge < -0.3 is 19.5 Å². The van der Waals surface area contributed by atoms with Crippen LogP contribution in [0.25, 0.3) is 0 Å². The zero-order valence-electron chi connectivity index (χ0n) is 22.2. The van der Waals surface area contributed by atoms with Crippen molar-refractivity contribution in [1.82, 2.24) is 30.5 Å². The molecule has 3 amide bonds. The van der Waals surface area contributed by atoms with E-state index in [1.54, 1.807) is 43.6 Å². The molecule has 3 rings (SSSR count). The third-order valence-corrected chi connectivity index (χ3v) is 10.9. The first-order valence-electron chi connectivity index (χ1n) is 11.8.